The molecule has 1 N–H and O–H groups in total. The number of rotatable bonds is 4. The number of H-pyrrole nitrogens is 1. The maximum absolute atomic E-state index is 11.9. The average molecular weight is 335 g/mol. The summed E-state index contributed by atoms with van der Waals surface area (Å²) in [5, 5.41) is 8.51. The Morgan fingerprint density at radius 1 is 1.36 bits per heavy atom. The molecular weight excluding hydrogens is 314 g/mol. The lowest BCUT2D eigenvalue weighted by atomic mass is 9.86. The van der Waals surface area contributed by atoms with Gasteiger partial charge in [0, 0.05) is 47.8 Å². The summed E-state index contributed by atoms with van der Waals surface area (Å²) in [4.78, 5) is 16.4. The van der Waals surface area contributed by atoms with Gasteiger partial charge in [-0.3, -0.25) is 14.9 Å². The van der Waals surface area contributed by atoms with Crippen LogP contribution in [0.4, 0.5) is 0 Å². The van der Waals surface area contributed by atoms with E-state index in [0.29, 0.717) is 26.1 Å². The van der Waals surface area contributed by atoms with Crippen LogP contribution in [0, 0.1) is 6.92 Å². The number of hydrogen-bond acceptors (Lipinski definition) is 4. The molecule has 0 saturated heterocycles. The van der Waals surface area contributed by atoms with Crippen LogP contribution in [0.2, 0.25) is 0 Å². The number of nitrogens with one attached hydrogen (secondary N) is 1. The highest BCUT2D eigenvalue weighted by atomic mass is 16.5. The quantitative estimate of drug-likeness (QED) is 0.785. The van der Waals surface area contributed by atoms with Gasteiger partial charge in [-0.1, -0.05) is 19.1 Å². The number of Topliss-reactive ketones (excluding diaryl/α,β-unsaturated/α-hetero) is 1. The van der Waals surface area contributed by atoms with E-state index in [1.165, 1.54) is 0 Å². The molecule has 5 nitrogen and oxygen atoms in total. The molecule has 2 aromatic heterocycles. The van der Waals surface area contributed by atoms with E-state index in [-0.39, 0.29) is 11.7 Å². The van der Waals surface area contributed by atoms with Crippen LogP contribution in [0.25, 0.3) is 22.0 Å². The van der Waals surface area contributed by atoms with Crippen LogP contribution < -0.4 is 0 Å². The molecule has 0 amide bonds. The molecule has 128 valence electrons. The van der Waals surface area contributed by atoms with E-state index in [1.807, 2.05) is 26.2 Å². The first-order valence-electron chi connectivity index (χ1n) is 8.68. The van der Waals surface area contributed by atoms with Gasteiger partial charge in [-0.05, 0) is 29.7 Å². The number of aromatic nitrogens is 3. The van der Waals surface area contributed by atoms with Crippen molar-refractivity contribution in [2.24, 2.45) is 0 Å². The maximum Gasteiger partial charge on any atom is 0.133 e. The number of carbonyl (C=O) groups is 1. The van der Waals surface area contributed by atoms with Crippen molar-refractivity contribution >= 4 is 16.7 Å². The molecule has 1 aliphatic heterocycles. The highest BCUT2D eigenvalue weighted by Crippen LogP contribution is 2.36. The number of benzene rings is 1. The second-order valence-electron chi connectivity index (χ2n) is 6.64. The highest BCUT2D eigenvalue weighted by Gasteiger charge is 2.25. The Labute approximate surface area is 146 Å². The van der Waals surface area contributed by atoms with E-state index in [0.717, 1.165) is 38.9 Å². The number of fused-ring (bicyclic) bond motifs is 2. The van der Waals surface area contributed by atoms with Gasteiger partial charge in [0.25, 0.3) is 0 Å². The topological polar surface area (TPSA) is 67.9 Å². The Morgan fingerprint density at radius 2 is 2.24 bits per heavy atom. The molecule has 1 aliphatic rings. The highest BCUT2D eigenvalue weighted by molar-refractivity contribution is 5.86. The van der Waals surface area contributed by atoms with E-state index in [4.69, 9.17) is 4.74 Å². The first-order valence-corrected chi connectivity index (χ1v) is 8.68. The lowest BCUT2D eigenvalue weighted by molar-refractivity contribution is -0.119. The van der Waals surface area contributed by atoms with Gasteiger partial charge in [-0.25, -0.2) is 0 Å². The Morgan fingerprint density at radius 3 is 3.08 bits per heavy atom. The Balaban J connectivity index is 1.77. The number of ether oxygens (including phenoxy) is 1. The molecule has 1 unspecified atom stereocenters. The standard InChI is InChI=1S/C20H21N3O2/c1-3-15(24)6-14-10-25-11-19-17(8-21-9-18(14)19)13-4-5-16-12(2)22-23-20(16)7-13/h4-5,7-9,14H,3,6,10-11H2,1-2H3,(H,22,23). The maximum atomic E-state index is 11.9. The van der Waals surface area contributed by atoms with Gasteiger partial charge in [-0.15, -0.1) is 0 Å². The van der Waals surface area contributed by atoms with Crippen molar-refractivity contribution in [3.05, 3.63) is 47.4 Å². The van der Waals surface area contributed by atoms with E-state index >= 15 is 0 Å². The van der Waals surface area contributed by atoms with Crippen LogP contribution in [0.5, 0.6) is 0 Å². The molecule has 4 rings (SSSR count). The second kappa shape index (κ2) is 6.41. The van der Waals surface area contributed by atoms with Crippen molar-refractivity contribution in [2.45, 2.75) is 39.2 Å². The van der Waals surface area contributed by atoms with Gasteiger partial charge in [-0.2, -0.15) is 5.10 Å². The van der Waals surface area contributed by atoms with Crippen LogP contribution in [-0.4, -0.2) is 27.6 Å². The van der Waals surface area contributed by atoms with Crippen LogP contribution >= 0.6 is 0 Å². The summed E-state index contributed by atoms with van der Waals surface area (Å²) in [6, 6.07) is 6.27. The third kappa shape index (κ3) is 2.85. The first kappa shape index (κ1) is 16.0. The number of nitrogens with zero attached hydrogens (tertiary/aromatic N) is 2. The molecule has 1 aromatic carbocycles. The lowest BCUT2D eigenvalue weighted by Gasteiger charge is -2.26. The van der Waals surface area contributed by atoms with Crippen molar-refractivity contribution < 1.29 is 9.53 Å². The molecule has 0 bridgehead atoms. The first-order chi connectivity index (χ1) is 12.2. The zero-order chi connectivity index (χ0) is 17.4. The molecule has 0 radical (unpaired) electrons. The average Bonchev–Trinajstić information content (AvgIpc) is 3.02. The zero-order valence-electron chi connectivity index (χ0n) is 14.5. The predicted octanol–water partition coefficient (Wildman–Crippen LogP) is 3.92. The SMILES string of the molecule is CCC(=O)CC1COCc2c(-c3ccc4c(C)[nH]nc4c3)cncc21. The number of pyridine rings is 1. The van der Waals surface area contributed by atoms with Gasteiger partial charge in [0.15, 0.2) is 0 Å². The van der Waals surface area contributed by atoms with E-state index in [1.54, 1.807) is 0 Å². The number of hydrogen-bond donors (Lipinski definition) is 1. The molecule has 5 heteroatoms. The molecule has 25 heavy (non-hydrogen) atoms. The minimum absolute atomic E-state index is 0.0972. The summed E-state index contributed by atoms with van der Waals surface area (Å²) < 4.78 is 5.81. The number of aryl methyl sites for hydroxylation is 1. The number of carbonyl (C=O) groups excluding carboxylic acids is 1. The molecule has 0 saturated carbocycles. The molecule has 0 aliphatic carbocycles. The fourth-order valence-corrected chi connectivity index (χ4v) is 3.56. The van der Waals surface area contributed by atoms with Crippen LogP contribution in [-0.2, 0) is 16.1 Å². The van der Waals surface area contributed by atoms with Gasteiger partial charge in [0.05, 0.1) is 18.7 Å². The van der Waals surface area contributed by atoms with E-state index in [2.05, 4.69) is 33.4 Å². The van der Waals surface area contributed by atoms with Gasteiger partial charge in [0.1, 0.15) is 5.78 Å². The molecule has 0 spiro atoms. The second-order valence-corrected chi connectivity index (χ2v) is 6.64. The fraction of sp³-hybridized carbons (Fsp3) is 0.350. The molecular formula is C20H21N3O2. The lowest BCUT2D eigenvalue weighted by Crippen LogP contribution is -2.20. The van der Waals surface area contributed by atoms with Crippen molar-refractivity contribution in [1.82, 2.24) is 15.2 Å². The molecule has 1 atom stereocenters. The summed E-state index contributed by atoms with van der Waals surface area (Å²) in [5.74, 6) is 0.361. The summed E-state index contributed by atoms with van der Waals surface area (Å²) in [7, 11) is 0. The molecule has 3 aromatic rings. The fourth-order valence-electron chi connectivity index (χ4n) is 3.56. The largest absolute Gasteiger partial charge is 0.376 e. The normalized spacial score (nSPS) is 16.8. The van der Waals surface area contributed by atoms with Crippen molar-refractivity contribution in [2.75, 3.05) is 6.61 Å². The smallest absolute Gasteiger partial charge is 0.133 e. The third-order valence-corrected chi connectivity index (χ3v) is 5.02. The summed E-state index contributed by atoms with van der Waals surface area (Å²) in [5.41, 5.74) is 6.44. The molecule has 0 fully saturated rings. The van der Waals surface area contributed by atoms with Gasteiger partial charge in [0.2, 0.25) is 0 Å². The Hall–Kier alpha value is -2.53. The van der Waals surface area contributed by atoms with E-state index < -0.39 is 0 Å². The van der Waals surface area contributed by atoms with Gasteiger partial charge >= 0.3 is 0 Å². The van der Waals surface area contributed by atoms with Crippen molar-refractivity contribution in [1.29, 1.82) is 0 Å². The summed E-state index contributed by atoms with van der Waals surface area (Å²) >= 11 is 0. The van der Waals surface area contributed by atoms with Crippen molar-refractivity contribution in [3.8, 4) is 11.1 Å². The number of ketones is 1. The predicted molar refractivity (Wildman–Crippen MR) is 96.4 cm³/mol. The zero-order valence-corrected chi connectivity index (χ0v) is 14.5. The van der Waals surface area contributed by atoms with Crippen LogP contribution in [0.15, 0.2) is 30.6 Å². The van der Waals surface area contributed by atoms with E-state index in [9.17, 15) is 4.79 Å². The summed E-state index contributed by atoms with van der Waals surface area (Å²) in [6.45, 7) is 5.07. The third-order valence-electron chi connectivity index (χ3n) is 5.02. The van der Waals surface area contributed by atoms with Gasteiger partial charge < -0.3 is 4.74 Å². The minimum Gasteiger partial charge on any atom is -0.376 e. The molecule has 3 heterocycles. The monoisotopic (exact) mass is 335 g/mol. The number of aromatic amines is 1. The van der Waals surface area contributed by atoms with Crippen LogP contribution in [0.3, 0.4) is 0 Å². The Bertz CT molecular complexity index is 945. The van der Waals surface area contributed by atoms with Crippen molar-refractivity contribution in [3.63, 3.8) is 0 Å². The minimum atomic E-state index is 0.0972. The summed E-state index contributed by atoms with van der Waals surface area (Å²) in [6.07, 6.45) is 4.86. The Kier molecular flexibility index (Phi) is 4.09. The van der Waals surface area contributed by atoms with Crippen LogP contribution in [0.1, 0.15) is 42.5 Å².